The first-order chi connectivity index (χ1) is 6.81. The van der Waals surface area contributed by atoms with Gasteiger partial charge in [-0.3, -0.25) is 4.99 Å². The van der Waals surface area contributed by atoms with E-state index in [2.05, 4.69) is 15.2 Å². The molecule has 2 rings (SSSR count). The number of hydrogen-bond acceptors (Lipinski definition) is 5. The van der Waals surface area contributed by atoms with E-state index in [-0.39, 0.29) is 12.0 Å². The third-order valence-electron chi connectivity index (χ3n) is 2.24. The van der Waals surface area contributed by atoms with Gasteiger partial charge in [-0.15, -0.1) is 0 Å². The fourth-order valence-electron chi connectivity index (χ4n) is 1.57. The number of esters is 1. The standard InChI is InChI=1S/C9H13N3O2/c1-2-14-9(13)7-6-12-4-3-10-5-8(12)11-7/h3,5,7,11H,2,4,6H2,1H3. The maximum absolute atomic E-state index is 11.4. The molecule has 5 heteroatoms. The van der Waals surface area contributed by atoms with E-state index in [0.29, 0.717) is 13.2 Å². The third-order valence-corrected chi connectivity index (χ3v) is 2.24. The highest BCUT2D eigenvalue weighted by Crippen LogP contribution is 2.14. The molecular weight excluding hydrogens is 182 g/mol. The second-order valence-corrected chi connectivity index (χ2v) is 3.20. The Hall–Kier alpha value is -1.52. The van der Waals surface area contributed by atoms with Gasteiger partial charge in [0.05, 0.1) is 25.9 Å². The van der Waals surface area contributed by atoms with E-state index < -0.39 is 0 Å². The highest BCUT2D eigenvalue weighted by molar-refractivity contribution is 5.77. The Labute approximate surface area is 82.4 Å². The summed E-state index contributed by atoms with van der Waals surface area (Å²) < 4.78 is 4.94. The van der Waals surface area contributed by atoms with E-state index in [1.54, 1.807) is 6.20 Å². The first kappa shape index (κ1) is 9.05. The molecule has 0 aliphatic carbocycles. The third kappa shape index (κ3) is 1.57. The molecule has 0 aromatic heterocycles. The molecule has 0 radical (unpaired) electrons. The summed E-state index contributed by atoms with van der Waals surface area (Å²) in [5.74, 6) is 0.716. The Bertz CT molecular complexity index is 298. The van der Waals surface area contributed by atoms with Crippen LogP contribution in [-0.2, 0) is 9.53 Å². The molecule has 2 aliphatic rings. The summed E-state index contributed by atoms with van der Waals surface area (Å²) in [7, 11) is 0. The Kier molecular flexibility index (Phi) is 2.39. The molecule has 0 bridgehead atoms. The van der Waals surface area contributed by atoms with Gasteiger partial charge in [0.15, 0.2) is 0 Å². The van der Waals surface area contributed by atoms with Crippen LogP contribution in [0.3, 0.4) is 0 Å². The van der Waals surface area contributed by atoms with Crippen molar-refractivity contribution in [1.82, 2.24) is 10.2 Å². The van der Waals surface area contributed by atoms with E-state index in [1.807, 2.05) is 13.1 Å². The van der Waals surface area contributed by atoms with Gasteiger partial charge >= 0.3 is 5.97 Å². The van der Waals surface area contributed by atoms with Crippen LogP contribution in [0.4, 0.5) is 0 Å². The minimum Gasteiger partial charge on any atom is -0.464 e. The molecule has 0 aromatic rings. The van der Waals surface area contributed by atoms with Crippen LogP contribution in [0.15, 0.2) is 17.0 Å². The molecule has 1 unspecified atom stereocenters. The number of carbonyl (C=O) groups is 1. The predicted octanol–water partition coefficient (Wildman–Crippen LogP) is -0.293. The maximum atomic E-state index is 11.4. The Balaban J connectivity index is 1.98. The number of aliphatic imine (C=N–C) groups is 1. The van der Waals surface area contributed by atoms with E-state index in [4.69, 9.17) is 4.74 Å². The van der Waals surface area contributed by atoms with Crippen LogP contribution >= 0.6 is 0 Å². The summed E-state index contributed by atoms with van der Waals surface area (Å²) in [6.07, 6.45) is 3.54. The van der Waals surface area contributed by atoms with Crippen molar-refractivity contribution in [3.63, 3.8) is 0 Å². The lowest BCUT2D eigenvalue weighted by Crippen LogP contribution is -2.34. The Morgan fingerprint density at radius 2 is 2.71 bits per heavy atom. The number of hydrogen-bond donors (Lipinski definition) is 1. The highest BCUT2D eigenvalue weighted by Gasteiger charge is 2.32. The van der Waals surface area contributed by atoms with Crippen LogP contribution in [0.5, 0.6) is 0 Å². The number of rotatable bonds is 2. The lowest BCUT2D eigenvalue weighted by atomic mass is 10.3. The summed E-state index contributed by atoms with van der Waals surface area (Å²) >= 11 is 0. The first-order valence-corrected chi connectivity index (χ1v) is 4.71. The van der Waals surface area contributed by atoms with Crippen LogP contribution in [-0.4, -0.2) is 42.8 Å². The average Bonchev–Trinajstić information content (AvgIpc) is 2.61. The molecule has 2 aliphatic heterocycles. The Morgan fingerprint density at radius 3 is 3.43 bits per heavy atom. The molecule has 0 saturated carbocycles. The Morgan fingerprint density at radius 1 is 1.86 bits per heavy atom. The van der Waals surface area contributed by atoms with E-state index >= 15 is 0 Å². The molecule has 1 saturated heterocycles. The number of nitrogens with zero attached hydrogens (tertiary/aromatic N) is 2. The number of carbonyl (C=O) groups excluding carboxylic acids is 1. The molecule has 76 valence electrons. The largest absolute Gasteiger partial charge is 0.464 e. The molecule has 14 heavy (non-hydrogen) atoms. The molecule has 1 atom stereocenters. The fourth-order valence-corrected chi connectivity index (χ4v) is 1.57. The minimum atomic E-state index is -0.247. The fraction of sp³-hybridized carbons (Fsp3) is 0.556. The van der Waals surface area contributed by atoms with Crippen molar-refractivity contribution in [3.05, 3.63) is 12.0 Å². The zero-order valence-electron chi connectivity index (χ0n) is 8.06. The molecular formula is C9H13N3O2. The first-order valence-electron chi connectivity index (χ1n) is 4.71. The lowest BCUT2D eigenvalue weighted by molar-refractivity contribution is -0.144. The smallest absolute Gasteiger partial charge is 0.330 e. The molecule has 0 aromatic carbocycles. The van der Waals surface area contributed by atoms with E-state index in [0.717, 1.165) is 12.4 Å². The molecule has 0 amide bonds. The predicted molar refractivity (Wildman–Crippen MR) is 51.7 cm³/mol. The summed E-state index contributed by atoms with van der Waals surface area (Å²) in [6, 6.07) is -0.247. The van der Waals surface area contributed by atoms with Crippen molar-refractivity contribution < 1.29 is 9.53 Å². The second-order valence-electron chi connectivity index (χ2n) is 3.20. The molecule has 0 spiro atoms. The lowest BCUT2D eigenvalue weighted by Gasteiger charge is -2.17. The van der Waals surface area contributed by atoms with Crippen LogP contribution in [0, 0.1) is 0 Å². The van der Waals surface area contributed by atoms with Crippen LogP contribution in [0.25, 0.3) is 0 Å². The van der Waals surface area contributed by atoms with Gasteiger partial charge < -0.3 is 15.0 Å². The van der Waals surface area contributed by atoms with E-state index in [1.165, 1.54) is 0 Å². The molecule has 2 heterocycles. The average molecular weight is 195 g/mol. The zero-order valence-corrected chi connectivity index (χ0v) is 8.06. The van der Waals surface area contributed by atoms with Crippen molar-refractivity contribution in [2.45, 2.75) is 13.0 Å². The van der Waals surface area contributed by atoms with Gasteiger partial charge in [0.25, 0.3) is 0 Å². The zero-order chi connectivity index (χ0) is 9.97. The summed E-state index contributed by atoms with van der Waals surface area (Å²) in [5, 5.41) is 3.08. The van der Waals surface area contributed by atoms with Crippen molar-refractivity contribution >= 4 is 12.2 Å². The summed E-state index contributed by atoms with van der Waals surface area (Å²) in [4.78, 5) is 17.5. The van der Waals surface area contributed by atoms with Crippen LogP contribution in [0.2, 0.25) is 0 Å². The van der Waals surface area contributed by atoms with Crippen molar-refractivity contribution in [3.8, 4) is 0 Å². The summed E-state index contributed by atoms with van der Waals surface area (Å²) in [5.41, 5.74) is 0. The van der Waals surface area contributed by atoms with Gasteiger partial charge in [0.2, 0.25) is 0 Å². The van der Waals surface area contributed by atoms with Crippen molar-refractivity contribution in [2.24, 2.45) is 4.99 Å². The normalized spacial score (nSPS) is 23.9. The van der Waals surface area contributed by atoms with Gasteiger partial charge in [-0.1, -0.05) is 0 Å². The van der Waals surface area contributed by atoms with Gasteiger partial charge in [0, 0.05) is 6.21 Å². The maximum Gasteiger partial charge on any atom is 0.330 e. The van der Waals surface area contributed by atoms with E-state index in [9.17, 15) is 4.79 Å². The topological polar surface area (TPSA) is 53.9 Å². The SMILES string of the molecule is CCOC(=O)C1CN2CC=NC=C2N1. The molecule has 1 fully saturated rings. The van der Waals surface area contributed by atoms with Crippen LogP contribution in [0.1, 0.15) is 6.92 Å². The van der Waals surface area contributed by atoms with Crippen molar-refractivity contribution in [2.75, 3.05) is 19.7 Å². The number of nitrogens with one attached hydrogen (secondary N) is 1. The molecule has 1 N–H and O–H groups in total. The monoisotopic (exact) mass is 195 g/mol. The molecule has 5 nitrogen and oxygen atoms in total. The van der Waals surface area contributed by atoms with Gasteiger partial charge in [-0.2, -0.15) is 0 Å². The summed E-state index contributed by atoms with van der Waals surface area (Å²) in [6.45, 7) is 3.65. The quantitative estimate of drug-likeness (QED) is 0.615. The van der Waals surface area contributed by atoms with Gasteiger partial charge in [-0.05, 0) is 6.92 Å². The van der Waals surface area contributed by atoms with Crippen LogP contribution < -0.4 is 5.32 Å². The second kappa shape index (κ2) is 3.69. The number of fused-ring (bicyclic) bond motifs is 1. The highest BCUT2D eigenvalue weighted by atomic mass is 16.5. The number of ether oxygens (including phenoxy) is 1. The van der Waals surface area contributed by atoms with Gasteiger partial charge in [-0.25, -0.2) is 4.79 Å². The minimum absolute atomic E-state index is 0.192. The van der Waals surface area contributed by atoms with Gasteiger partial charge in [0.1, 0.15) is 11.9 Å². The van der Waals surface area contributed by atoms with Crippen molar-refractivity contribution in [1.29, 1.82) is 0 Å².